The highest BCUT2D eigenvalue weighted by Gasteiger charge is 2.25. The van der Waals surface area contributed by atoms with Gasteiger partial charge in [0.25, 0.3) is 0 Å². The molecular formula is C14H19NO5S. The summed E-state index contributed by atoms with van der Waals surface area (Å²) < 4.78 is 32.1. The van der Waals surface area contributed by atoms with Crippen molar-refractivity contribution in [1.82, 2.24) is 4.72 Å². The van der Waals surface area contributed by atoms with Crippen LogP contribution < -0.4 is 4.72 Å². The molecule has 2 N–H and O–H groups in total. The van der Waals surface area contributed by atoms with Gasteiger partial charge in [-0.1, -0.05) is 12.1 Å². The highest BCUT2D eigenvalue weighted by Crippen LogP contribution is 2.19. The van der Waals surface area contributed by atoms with Crippen molar-refractivity contribution in [1.29, 1.82) is 0 Å². The number of aromatic carboxylic acids is 1. The second-order valence-electron chi connectivity index (χ2n) is 5.24. The molecule has 2 unspecified atom stereocenters. The molecule has 116 valence electrons. The van der Waals surface area contributed by atoms with Gasteiger partial charge in [0.15, 0.2) is 0 Å². The highest BCUT2D eigenvalue weighted by atomic mass is 32.2. The fraction of sp³-hybridized carbons (Fsp3) is 0.500. The zero-order valence-corrected chi connectivity index (χ0v) is 12.6. The first-order valence-corrected chi connectivity index (χ1v) is 8.44. The summed E-state index contributed by atoms with van der Waals surface area (Å²) in [5, 5.41) is 8.90. The average molecular weight is 313 g/mol. The average Bonchev–Trinajstić information content (AvgIpc) is 2.82. The fourth-order valence-corrected chi connectivity index (χ4v) is 3.53. The summed E-state index contributed by atoms with van der Waals surface area (Å²) in [6.45, 7) is 2.94. The number of benzene rings is 1. The summed E-state index contributed by atoms with van der Waals surface area (Å²) in [4.78, 5) is 10.9. The summed E-state index contributed by atoms with van der Waals surface area (Å²) in [6, 6.07) is 5.96. The third-order valence-electron chi connectivity index (χ3n) is 3.63. The van der Waals surface area contributed by atoms with Crippen LogP contribution in [-0.4, -0.2) is 38.7 Å². The molecule has 21 heavy (non-hydrogen) atoms. The fourth-order valence-electron chi connectivity index (χ4n) is 2.34. The van der Waals surface area contributed by atoms with Gasteiger partial charge in [0.05, 0.1) is 17.4 Å². The molecule has 0 radical (unpaired) electrons. The molecule has 0 saturated carbocycles. The monoisotopic (exact) mass is 313 g/mol. The van der Waals surface area contributed by atoms with Crippen molar-refractivity contribution < 1.29 is 23.1 Å². The molecule has 1 saturated heterocycles. The number of nitrogens with one attached hydrogen (secondary N) is 1. The van der Waals surface area contributed by atoms with E-state index >= 15 is 0 Å². The van der Waals surface area contributed by atoms with Crippen LogP contribution in [0.1, 0.15) is 29.3 Å². The second-order valence-corrected chi connectivity index (χ2v) is 7.04. The topological polar surface area (TPSA) is 92.7 Å². The van der Waals surface area contributed by atoms with Crippen molar-refractivity contribution >= 4 is 16.0 Å². The van der Waals surface area contributed by atoms with E-state index in [1.165, 1.54) is 12.1 Å². The number of sulfonamides is 1. The molecule has 2 atom stereocenters. The number of carbonyl (C=O) groups is 1. The number of hydrogen-bond acceptors (Lipinski definition) is 4. The van der Waals surface area contributed by atoms with Crippen LogP contribution in [0.5, 0.6) is 0 Å². The SMILES string of the molecule is CC1OCCC1CNS(=O)(=O)Cc1cccc(C(=O)O)c1. The third kappa shape index (κ3) is 4.52. The van der Waals surface area contributed by atoms with Crippen LogP contribution in [-0.2, 0) is 20.5 Å². The molecule has 0 spiro atoms. The van der Waals surface area contributed by atoms with Crippen LogP contribution in [0.4, 0.5) is 0 Å². The summed E-state index contributed by atoms with van der Waals surface area (Å²) in [7, 11) is -3.49. The lowest BCUT2D eigenvalue weighted by Crippen LogP contribution is -2.32. The van der Waals surface area contributed by atoms with E-state index < -0.39 is 16.0 Å². The minimum absolute atomic E-state index is 0.0584. The van der Waals surface area contributed by atoms with Gasteiger partial charge in [-0.3, -0.25) is 0 Å². The molecule has 1 fully saturated rings. The van der Waals surface area contributed by atoms with Crippen molar-refractivity contribution in [3.63, 3.8) is 0 Å². The van der Waals surface area contributed by atoms with E-state index in [1.807, 2.05) is 6.92 Å². The lowest BCUT2D eigenvalue weighted by Gasteiger charge is -2.15. The first-order chi connectivity index (χ1) is 9.87. The molecule has 1 aliphatic rings. The first kappa shape index (κ1) is 15.9. The maximum atomic E-state index is 12.0. The predicted octanol–water partition coefficient (Wildman–Crippen LogP) is 1.23. The summed E-state index contributed by atoms with van der Waals surface area (Å²) in [5.41, 5.74) is 0.540. The normalized spacial score (nSPS) is 22.3. The van der Waals surface area contributed by atoms with Gasteiger partial charge in [0, 0.05) is 19.1 Å². The molecular weight excluding hydrogens is 294 g/mol. The van der Waals surface area contributed by atoms with Crippen molar-refractivity contribution in [2.24, 2.45) is 5.92 Å². The van der Waals surface area contributed by atoms with Crippen molar-refractivity contribution in [3.05, 3.63) is 35.4 Å². The van der Waals surface area contributed by atoms with E-state index in [2.05, 4.69) is 4.72 Å². The molecule has 1 aromatic rings. The molecule has 6 nitrogen and oxygen atoms in total. The van der Waals surface area contributed by atoms with Gasteiger partial charge in [-0.05, 0) is 31.0 Å². The van der Waals surface area contributed by atoms with E-state index in [0.29, 0.717) is 18.7 Å². The van der Waals surface area contributed by atoms with Gasteiger partial charge in [-0.25, -0.2) is 17.9 Å². The number of carboxylic acids is 1. The highest BCUT2D eigenvalue weighted by molar-refractivity contribution is 7.88. The number of ether oxygens (including phenoxy) is 1. The van der Waals surface area contributed by atoms with Crippen LogP contribution >= 0.6 is 0 Å². The Morgan fingerprint density at radius 3 is 2.86 bits per heavy atom. The lowest BCUT2D eigenvalue weighted by molar-refractivity contribution is 0.0696. The van der Waals surface area contributed by atoms with E-state index in [-0.39, 0.29) is 23.3 Å². The van der Waals surface area contributed by atoms with E-state index in [0.717, 1.165) is 6.42 Å². The van der Waals surface area contributed by atoms with Crippen LogP contribution in [0, 0.1) is 5.92 Å². The zero-order valence-electron chi connectivity index (χ0n) is 11.8. The Morgan fingerprint density at radius 1 is 1.48 bits per heavy atom. The Morgan fingerprint density at radius 2 is 2.24 bits per heavy atom. The minimum Gasteiger partial charge on any atom is -0.478 e. The van der Waals surface area contributed by atoms with Crippen LogP contribution in [0.15, 0.2) is 24.3 Å². The standard InChI is InChI=1S/C14H19NO5S/c1-10-13(5-6-20-10)8-15-21(18,19)9-11-3-2-4-12(7-11)14(16)17/h2-4,7,10,13,15H,5-6,8-9H2,1H3,(H,16,17). The van der Waals surface area contributed by atoms with Crippen LogP contribution in [0.25, 0.3) is 0 Å². The zero-order chi connectivity index (χ0) is 15.5. The van der Waals surface area contributed by atoms with Gasteiger partial charge >= 0.3 is 5.97 Å². The van der Waals surface area contributed by atoms with Gasteiger partial charge in [0.2, 0.25) is 10.0 Å². The second kappa shape index (κ2) is 6.55. The molecule has 1 aromatic carbocycles. The Balaban J connectivity index is 1.97. The Hall–Kier alpha value is -1.44. The molecule has 2 rings (SSSR count). The van der Waals surface area contributed by atoms with Gasteiger partial charge in [-0.15, -0.1) is 0 Å². The smallest absolute Gasteiger partial charge is 0.335 e. The van der Waals surface area contributed by atoms with Crippen LogP contribution in [0.3, 0.4) is 0 Å². The molecule has 0 bridgehead atoms. The molecule has 0 amide bonds. The number of hydrogen-bond donors (Lipinski definition) is 2. The number of rotatable bonds is 6. The summed E-state index contributed by atoms with van der Waals surface area (Å²) >= 11 is 0. The van der Waals surface area contributed by atoms with E-state index in [9.17, 15) is 13.2 Å². The van der Waals surface area contributed by atoms with Gasteiger partial charge in [-0.2, -0.15) is 0 Å². The molecule has 1 aliphatic heterocycles. The Bertz CT molecular complexity index is 614. The quantitative estimate of drug-likeness (QED) is 0.824. The first-order valence-electron chi connectivity index (χ1n) is 6.78. The Kier molecular flexibility index (Phi) is 4.97. The maximum absolute atomic E-state index is 12.0. The van der Waals surface area contributed by atoms with Gasteiger partial charge in [0.1, 0.15) is 0 Å². The van der Waals surface area contributed by atoms with E-state index in [1.54, 1.807) is 12.1 Å². The van der Waals surface area contributed by atoms with Crippen molar-refractivity contribution in [2.45, 2.75) is 25.2 Å². The molecule has 7 heteroatoms. The number of carboxylic acid groups (broad SMARTS) is 1. The van der Waals surface area contributed by atoms with Crippen molar-refractivity contribution in [2.75, 3.05) is 13.2 Å². The minimum atomic E-state index is -3.49. The van der Waals surface area contributed by atoms with Crippen molar-refractivity contribution in [3.8, 4) is 0 Å². The maximum Gasteiger partial charge on any atom is 0.335 e. The molecule has 0 aliphatic carbocycles. The predicted molar refractivity (Wildman–Crippen MR) is 77.5 cm³/mol. The molecule has 1 heterocycles. The van der Waals surface area contributed by atoms with Crippen LogP contribution in [0.2, 0.25) is 0 Å². The third-order valence-corrected chi connectivity index (χ3v) is 4.95. The van der Waals surface area contributed by atoms with Gasteiger partial charge < -0.3 is 9.84 Å². The largest absolute Gasteiger partial charge is 0.478 e. The lowest BCUT2D eigenvalue weighted by atomic mass is 10.0. The summed E-state index contributed by atoms with van der Waals surface area (Å²) in [5.74, 6) is -1.11. The molecule has 0 aromatic heterocycles. The van der Waals surface area contributed by atoms with E-state index in [4.69, 9.17) is 9.84 Å². The Labute approximate surface area is 124 Å². The summed E-state index contributed by atoms with van der Waals surface area (Å²) in [6.07, 6.45) is 0.904.